The first kappa shape index (κ1) is 23.1. The van der Waals surface area contributed by atoms with E-state index in [1.807, 2.05) is 43.4 Å². The van der Waals surface area contributed by atoms with E-state index in [0.29, 0.717) is 6.42 Å². The summed E-state index contributed by atoms with van der Waals surface area (Å²) in [6.45, 7) is 3.64. The third kappa shape index (κ3) is 5.19. The molecule has 0 aliphatic carbocycles. The van der Waals surface area contributed by atoms with Crippen molar-refractivity contribution >= 4 is 11.9 Å². The summed E-state index contributed by atoms with van der Waals surface area (Å²) in [6, 6.07) is 15.2. The van der Waals surface area contributed by atoms with E-state index in [4.69, 9.17) is 19.3 Å². The lowest BCUT2D eigenvalue weighted by atomic mass is 9.93. The number of aliphatic hydroxyl groups excluding tert-OH is 1. The SMILES string of the molecule is CCC(NC(C)C#CO)Oc1ccccc1C1(O)OC(=O)C(=O)OC1Cc1ccccc1. The Balaban J connectivity index is 1.94. The van der Waals surface area contributed by atoms with Gasteiger partial charge in [0.25, 0.3) is 5.79 Å². The van der Waals surface area contributed by atoms with Crippen molar-refractivity contribution in [2.45, 2.75) is 50.8 Å². The number of carbonyl (C=O) groups excluding carboxylic acids is 2. The van der Waals surface area contributed by atoms with Crippen molar-refractivity contribution in [3.05, 3.63) is 65.7 Å². The molecule has 8 nitrogen and oxygen atoms in total. The molecule has 0 aromatic heterocycles. The fourth-order valence-electron chi connectivity index (χ4n) is 3.41. The first-order valence-electron chi connectivity index (χ1n) is 10.2. The number of para-hydroxylation sites is 1. The highest BCUT2D eigenvalue weighted by Crippen LogP contribution is 2.39. The molecule has 4 unspecified atom stereocenters. The molecule has 3 rings (SSSR count). The standard InChI is InChI=1S/C24H25NO7/c1-3-21(25-16(2)13-14-26)30-19-12-8-7-11-18(19)24(29)20(31-22(27)23(28)32-24)15-17-9-5-4-6-10-17/h4-12,16,20-21,25-26,29H,3,15H2,1-2H3. The number of cyclic esters (lactones) is 2. The molecule has 1 fully saturated rings. The van der Waals surface area contributed by atoms with Gasteiger partial charge in [0.2, 0.25) is 0 Å². The Morgan fingerprint density at radius 2 is 1.81 bits per heavy atom. The Hall–Kier alpha value is -3.54. The zero-order valence-electron chi connectivity index (χ0n) is 17.8. The van der Waals surface area contributed by atoms with Crippen LogP contribution in [0.25, 0.3) is 0 Å². The minimum atomic E-state index is -2.26. The number of benzene rings is 2. The molecule has 0 saturated carbocycles. The molecule has 1 heterocycles. The molecule has 2 aromatic carbocycles. The number of carbonyl (C=O) groups is 2. The molecule has 168 valence electrons. The number of nitrogens with one attached hydrogen (secondary N) is 1. The maximum atomic E-state index is 12.0. The van der Waals surface area contributed by atoms with Crippen LogP contribution in [-0.2, 0) is 31.3 Å². The van der Waals surface area contributed by atoms with Gasteiger partial charge in [0.15, 0.2) is 12.3 Å². The van der Waals surface area contributed by atoms with Gasteiger partial charge >= 0.3 is 11.9 Å². The van der Waals surface area contributed by atoms with Crippen molar-refractivity contribution in [2.75, 3.05) is 0 Å². The normalized spacial score (nSPS) is 22.0. The predicted molar refractivity (Wildman–Crippen MR) is 113 cm³/mol. The lowest BCUT2D eigenvalue weighted by Gasteiger charge is -2.39. The monoisotopic (exact) mass is 439 g/mol. The molecule has 3 N–H and O–H groups in total. The number of aliphatic hydroxyl groups is 2. The van der Waals surface area contributed by atoms with Crippen molar-refractivity contribution < 1.29 is 34.0 Å². The molecular formula is C24H25NO7. The van der Waals surface area contributed by atoms with E-state index in [1.165, 1.54) is 0 Å². The Labute approximate surface area is 186 Å². The molecule has 0 amide bonds. The molecule has 1 aliphatic rings. The van der Waals surface area contributed by atoms with E-state index in [9.17, 15) is 14.7 Å². The highest BCUT2D eigenvalue weighted by molar-refractivity contribution is 6.30. The Morgan fingerprint density at radius 3 is 2.50 bits per heavy atom. The molecule has 32 heavy (non-hydrogen) atoms. The Morgan fingerprint density at radius 1 is 1.12 bits per heavy atom. The maximum Gasteiger partial charge on any atom is 0.420 e. The van der Waals surface area contributed by atoms with Gasteiger partial charge in [-0.2, -0.15) is 0 Å². The largest absolute Gasteiger partial charge is 0.475 e. The van der Waals surface area contributed by atoms with Crippen LogP contribution in [-0.4, -0.2) is 40.5 Å². The average molecular weight is 439 g/mol. The van der Waals surface area contributed by atoms with Crippen LogP contribution >= 0.6 is 0 Å². The highest BCUT2D eigenvalue weighted by Gasteiger charge is 2.52. The van der Waals surface area contributed by atoms with Crippen molar-refractivity contribution in [2.24, 2.45) is 0 Å². The van der Waals surface area contributed by atoms with Crippen LogP contribution in [0.4, 0.5) is 0 Å². The molecule has 4 atom stereocenters. The second-order valence-electron chi connectivity index (χ2n) is 7.33. The molecule has 2 aromatic rings. The van der Waals surface area contributed by atoms with Crippen molar-refractivity contribution in [3.63, 3.8) is 0 Å². The summed E-state index contributed by atoms with van der Waals surface area (Å²) in [7, 11) is 0. The van der Waals surface area contributed by atoms with E-state index < -0.39 is 30.1 Å². The zero-order valence-corrected chi connectivity index (χ0v) is 17.8. The van der Waals surface area contributed by atoms with Crippen LogP contribution in [0.3, 0.4) is 0 Å². The van der Waals surface area contributed by atoms with Crippen molar-refractivity contribution in [3.8, 4) is 17.8 Å². The molecule has 0 spiro atoms. The Bertz CT molecular complexity index is 1010. The van der Waals surface area contributed by atoms with Gasteiger partial charge in [-0.05, 0) is 37.0 Å². The van der Waals surface area contributed by atoms with Crippen LogP contribution in [0.15, 0.2) is 54.6 Å². The average Bonchev–Trinajstić information content (AvgIpc) is 2.78. The van der Waals surface area contributed by atoms with E-state index in [2.05, 4.69) is 11.2 Å². The third-order valence-corrected chi connectivity index (χ3v) is 4.99. The minimum absolute atomic E-state index is 0.114. The summed E-state index contributed by atoms with van der Waals surface area (Å²) in [4.78, 5) is 24.0. The maximum absolute atomic E-state index is 12.0. The summed E-state index contributed by atoms with van der Waals surface area (Å²) in [5.74, 6) is -1.91. The van der Waals surface area contributed by atoms with Crippen LogP contribution in [0.2, 0.25) is 0 Å². The topological polar surface area (TPSA) is 114 Å². The summed E-state index contributed by atoms with van der Waals surface area (Å²) in [5, 5.41) is 23.4. The number of hydrogen-bond acceptors (Lipinski definition) is 8. The zero-order chi connectivity index (χ0) is 23.1. The predicted octanol–water partition coefficient (Wildman–Crippen LogP) is 1.97. The number of rotatable bonds is 8. The third-order valence-electron chi connectivity index (χ3n) is 4.99. The van der Waals surface area contributed by atoms with Crippen molar-refractivity contribution in [1.29, 1.82) is 0 Å². The van der Waals surface area contributed by atoms with Crippen LogP contribution in [0.5, 0.6) is 5.75 Å². The molecule has 0 bridgehead atoms. The lowest BCUT2D eigenvalue weighted by Crippen LogP contribution is -2.54. The van der Waals surface area contributed by atoms with Gasteiger partial charge in [0, 0.05) is 6.42 Å². The van der Waals surface area contributed by atoms with E-state index in [1.54, 1.807) is 31.2 Å². The second kappa shape index (κ2) is 10.2. The first-order chi connectivity index (χ1) is 15.4. The van der Waals surface area contributed by atoms with E-state index in [-0.39, 0.29) is 23.8 Å². The van der Waals surface area contributed by atoms with Crippen LogP contribution in [0.1, 0.15) is 31.4 Å². The second-order valence-corrected chi connectivity index (χ2v) is 7.33. The number of esters is 2. The molecule has 1 saturated heterocycles. The smallest absolute Gasteiger partial charge is 0.420 e. The molecular weight excluding hydrogens is 414 g/mol. The minimum Gasteiger partial charge on any atom is -0.475 e. The summed E-state index contributed by atoms with van der Waals surface area (Å²) < 4.78 is 16.5. The molecule has 0 radical (unpaired) electrons. The molecule has 8 heteroatoms. The Kier molecular flexibility index (Phi) is 7.36. The first-order valence-corrected chi connectivity index (χ1v) is 10.2. The number of hydrogen-bond donors (Lipinski definition) is 3. The van der Waals surface area contributed by atoms with E-state index >= 15 is 0 Å². The van der Waals surface area contributed by atoms with E-state index in [0.717, 1.165) is 5.56 Å². The fraction of sp³-hybridized carbons (Fsp3) is 0.333. The lowest BCUT2D eigenvalue weighted by molar-refractivity contribution is -0.281. The van der Waals surface area contributed by atoms with Gasteiger partial charge in [-0.15, -0.1) is 0 Å². The molecule has 1 aliphatic heterocycles. The summed E-state index contributed by atoms with van der Waals surface area (Å²) in [6.07, 6.45) is 0.791. The summed E-state index contributed by atoms with van der Waals surface area (Å²) >= 11 is 0. The van der Waals surface area contributed by atoms with Gasteiger partial charge in [0.05, 0.1) is 11.6 Å². The van der Waals surface area contributed by atoms with Gasteiger partial charge in [-0.3, -0.25) is 5.32 Å². The van der Waals surface area contributed by atoms with Gasteiger partial charge in [-0.1, -0.05) is 49.4 Å². The summed E-state index contributed by atoms with van der Waals surface area (Å²) in [5.41, 5.74) is 0.924. The van der Waals surface area contributed by atoms with Crippen LogP contribution < -0.4 is 10.1 Å². The highest BCUT2D eigenvalue weighted by atomic mass is 16.7. The van der Waals surface area contributed by atoms with Crippen molar-refractivity contribution in [1.82, 2.24) is 5.32 Å². The van der Waals surface area contributed by atoms with Crippen LogP contribution in [0, 0.1) is 12.0 Å². The fourth-order valence-corrected chi connectivity index (χ4v) is 3.41. The number of ether oxygens (including phenoxy) is 3. The van der Waals surface area contributed by atoms with Gasteiger partial charge in [0.1, 0.15) is 11.9 Å². The van der Waals surface area contributed by atoms with Gasteiger partial charge < -0.3 is 24.4 Å². The van der Waals surface area contributed by atoms with Gasteiger partial charge in [-0.25, -0.2) is 9.59 Å². The quantitative estimate of drug-likeness (QED) is 0.248.